The van der Waals surface area contributed by atoms with Gasteiger partial charge in [-0.1, -0.05) is 6.92 Å². The minimum atomic E-state index is -0.280. The van der Waals surface area contributed by atoms with E-state index < -0.39 is 0 Å². The quantitative estimate of drug-likeness (QED) is 0.840. The Bertz CT molecular complexity index is 620. The minimum Gasteiger partial charge on any atom is -0.351 e. The van der Waals surface area contributed by atoms with Gasteiger partial charge in [0.1, 0.15) is 11.5 Å². The summed E-state index contributed by atoms with van der Waals surface area (Å²) in [5.41, 5.74) is 1.35. The van der Waals surface area contributed by atoms with Crippen molar-refractivity contribution in [3.05, 3.63) is 35.8 Å². The van der Waals surface area contributed by atoms with Crippen LogP contribution in [0.3, 0.4) is 0 Å². The van der Waals surface area contributed by atoms with Gasteiger partial charge in [-0.3, -0.25) is 4.79 Å². The van der Waals surface area contributed by atoms with Gasteiger partial charge in [-0.15, -0.1) is 0 Å². The Morgan fingerprint density at radius 3 is 3.05 bits per heavy atom. The first-order valence-electron chi connectivity index (χ1n) is 6.71. The van der Waals surface area contributed by atoms with Crippen LogP contribution in [0.5, 0.6) is 0 Å². The fourth-order valence-electron chi connectivity index (χ4n) is 2.76. The zero-order valence-electron chi connectivity index (χ0n) is 10.9. The summed E-state index contributed by atoms with van der Waals surface area (Å²) in [5.74, 6) is 0.291. The van der Waals surface area contributed by atoms with Gasteiger partial charge in [0.25, 0.3) is 5.91 Å². The molecule has 1 fully saturated rings. The third-order valence-electron chi connectivity index (χ3n) is 3.76. The Labute approximate surface area is 111 Å². The van der Waals surface area contributed by atoms with Crippen LogP contribution in [0.15, 0.2) is 24.3 Å². The van der Waals surface area contributed by atoms with Crippen molar-refractivity contribution in [3.8, 4) is 0 Å². The molecule has 0 bridgehead atoms. The summed E-state index contributed by atoms with van der Waals surface area (Å²) in [5, 5.41) is 0.744. The van der Waals surface area contributed by atoms with Gasteiger partial charge in [-0.05, 0) is 43.0 Å². The van der Waals surface area contributed by atoms with Crippen LogP contribution in [0.1, 0.15) is 30.3 Å². The van der Waals surface area contributed by atoms with Gasteiger partial charge in [-0.2, -0.15) is 0 Å². The van der Waals surface area contributed by atoms with E-state index in [2.05, 4.69) is 11.9 Å². The van der Waals surface area contributed by atoms with Crippen molar-refractivity contribution in [2.24, 2.45) is 5.92 Å². The molecule has 1 aliphatic rings. The average Bonchev–Trinajstić information content (AvgIpc) is 2.80. The molecule has 19 heavy (non-hydrogen) atoms. The summed E-state index contributed by atoms with van der Waals surface area (Å²) < 4.78 is 13.1. The molecule has 1 N–H and O–H groups in total. The smallest absolute Gasteiger partial charge is 0.270 e. The first-order valence-corrected chi connectivity index (χ1v) is 6.71. The molecular weight excluding hydrogens is 243 g/mol. The van der Waals surface area contributed by atoms with Crippen LogP contribution in [-0.2, 0) is 0 Å². The van der Waals surface area contributed by atoms with Crippen molar-refractivity contribution in [1.82, 2.24) is 9.88 Å². The molecule has 4 heteroatoms. The van der Waals surface area contributed by atoms with E-state index in [1.54, 1.807) is 12.1 Å². The number of likely N-dealkylation sites (tertiary alicyclic amines) is 1. The maximum Gasteiger partial charge on any atom is 0.270 e. The Morgan fingerprint density at radius 1 is 1.42 bits per heavy atom. The molecule has 0 saturated carbocycles. The van der Waals surface area contributed by atoms with Crippen molar-refractivity contribution in [2.75, 3.05) is 13.1 Å². The summed E-state index contributed by atoms with van der Waals surface area (Å²) in [7, 11) is 0. The highest BCUT2D eigenvalue weighted by Gasteiger charge is 2.23. The lowest BCUT2D eigenvalue weighted by molar-refractivity contribution is 0.0678. The SMILES string of the molecule is CC1CCCN(C(=O)c2cc3cc(F)ccc3[nH]2)C1. The lowest BCUT2D eigenvalue weighted by Crippen LogP contribution is -2.39. The normalized spacial score (nSPS) is 19.9. The van der Waals surface area contributed by atoms with Gasteiger partial charge in [0.15, 0.2) is 0 Å². The van der Waals surface area contributed by atoms with Crippen LogP contribution >= 0.6 is 0 Å². The number of benzene rings is 1. The number of aromatic nitrogens is 1. The summed E-state index contributed by atoms with van der Waals surface area (Å²) in [6.07, 6.45) is 2.24. The molecule has 0 radical (unpaired) electrons. The lowest BCUT2D eigenvalue weighted by atomic mass is 10.00. The molecule has 1 saturated heterocycles. The summed E-state index contributed by atoms with van der Waals surface area (Å²) in [6.45, 7) is 3.79. The number of aromatic amines is 1. The van der Waals surface area contributed by atoms with Gasteiger partial charge < -0.3 is 9.88 Å². The Kier molecular flexibility index (Phi) is 3.01. The number of piperidine rings is 1. The van der Waals surface area contributed by atoms with Crippen LogP contribution in [0, 0.1) is 11.7 Å². The van der Waals surface area contributed by atoms with Crippen LogP contribution in [0.2, 0.25) is 0 Å². The van der Waals surface area contributed by atoms with Gasteiger partial charge in [-0.25, -0.2) is 4.39 Å². The zero-order chi connectivity index (χ0) is 13.4. The number of H-pyrrole nitrogens is 1. The molecule has 1 unspecified atom stereocenters. The predicted molar refractivity (Wildman–Crippen MR) is 72.6 cm³/mol. The van der Waals surface area contributed by atoms with Crippen molar-refractivity contribution in [1.29, 1.82) is 0 Å². The maximum atomic E-state index is 13.1. The highest BCUT2D eigenvalue weighted by atomic mass is 19.1. The molecule has 1 aliphatic heterocycles. The van der Waals surface area contributed by atoms with E-state index in [4.69, 9.17) is 0 Å². The first-order chi connectivity index (χ1) is 9.13. The summed E-state index contributed by atoms with van der Waals surface area (Å²) >= 11 is 0. The fourth-order valence-corrected chi connectivity index (χ4v) is 2.76. The van der Waals surface area contributed by atoms with Crippen LogP contribution < -0.4 is 0 Å². The van der Waals surface area contributed by atoms with E-state index in [0.717, 1.165) is 30.4 Å². The molecule has 1 amide bonds. The van der Waals surface area contributed by atoms with Gasteiger partial charge in [0.05, 0.1) is 0 Å². The van der Waals surface area contributed by atoms with E-state index in [1.807, 2.05) is 4.90 Å². The number of hydrogen-bond acceptors (Lipinski definition) is 1. The molecule has 1 atom stereocenters. The van der Waals surface area contributed by atoms with Gasteiger partial charge in [0, 0.05) is 24.0 Å². The van der Waals surface area contributed by atoms with Gasteiger partial charge in [0.2, 0.25) is 0 Å². The Hall–Kier alpha value is -1.84. The second-order valence-electron chi connectivity index (χ2n) is 5.41. The highest BCUT2D eigenvalue weighted by Crippen LogP contribution is 2.21. The van der Waals surface area contributed by atoms with E-state index >= 15 is 0 Å². The second kappa shape index (κ2) is 4.68. The first kappa shape index (κ1) is 12.2. The van der Waals surface area contributed by atoms with Crippen molar-refractivity contribution in [3.63, 3.8) is 0 Å². The highest BCUT2D eigenvalue weighted by molar-refractivity contribution is 5.98. The third kappa shape index (κ3) is 2.35. The fraction of sp³-hybridized carbons (Fsp3) is 0.400. The van der Waals surface area contributed by atoms with E-state index in [1.165, 1.54) is 18.6 Å². The molecule has 1 aromatic carbocycles. The average molecular weight is 260 g/mol. The molecule has 3 rings (SSSR count). The standard InChI is InChI=1S/C15H17FN2O/c1-10-3-2-6-18(9-10)15(19)14-8-11-7-12(16)4-5-13(11)17-14/h4-5,7-8,10,17H,2-3,6,9H2,1H3. The molecule has 2 heterocycles. The minimum absolute atomic E-state index is 0.0168. The molecular formula is C15H17FN2O. The number of nitrogens with zero attached hydrogens (tertiary/aromatic N) is 1. The Morgan fingerprint density at radius 2 is 2.26 bits per heavy atom. The Balaban J connectivity index is 1.88. The molecule has 0 aliphatic carbocycles. The number of rotatable bonds is 1. The molecule has 0 spiro atoms. The number of carbonyl (C=O) groups excluding carboxylic acids is 1. The van der Waals surface area contributed by atoms with Crippen LogP contribution in [0.4, 0.5) is 4.39 Å². The molecule has 100 valence electrons. The summed E-state index contributed by atoms with van der Waals surface area (Å²) in [6, 6.07) is 6.25. The van der Waals surface area contributed by atoms with Crippen LogP contribution in [0.25, 0.3) is 10.9 Å². The van der Waals surface area contributed by atoms with Crippen LogP contribution in [-0.4, -0.2) is 28.9 Å². The van der Waals surface area contributed by atoms with E-state index in [-0.39, 0.29) is 11.7 Å². The van der Waals surface area contributed by atoms with Crippen molar-refractivity contribution >= 4 is 16.8 Å². The van der Waals surface area contributed by atoms with Crippen molar-refractivity contribution in [2.45, 2.75) is 19.8 Å². The second-order valence-corrected chi connectivity index (χ2v) is 5.41. The van der Waals surface area contributed by atoms with Crippen molar-refractivity contribution < 1.29 is 9.18 Å². The number of halogens is 1. The number of hydrogen-bond donors (Lipinski definition) is 1. The molecule has 3 nitrogen and oxygen atoms in total. The summed E-state index contributed by atoms with van der Waals surface area (Å²) in [4.78, 5) is 17.4. The third-order valence-corrected chi connectivity index (χ3v) is 3.76. The molecule has 1 aromatic heterocycles. The lowest BCUT2D eigenvalue weighted by Gasteiger charge is -2.30. The number of amides is 1. The monoisotopic (exact) mass is 260 g/mol. The zero-order valence-corrected chi connectivity index (χ0v) is 10.9. The number of carbonyl (C=O) groups is 1. The number of fused-ring (bicyclic) bond motifs is 1. The molecule has 2 aromatic rings. The maximum absolute atomic E-state index is 13.1. The van der Waals surface area contributed by atoms with E-state index in [9.17, 15) is 9.18 Å². The number of nitrogens with one attached hydrogen (secondary N) is 1. The van der Waals surface area contributed by atoms with E-state index in [0.29, 0.717) is 11.6 Å². The topological polar surface area (TPSA) is 36.1 Å². The largest absolute Gasteiger partial charge is 0.351 e. The van der Waals surface area contributed by atoms with Gasteiger partial charge >= 0.3 is 0 Å². The predicted octanol–water partition coefficient (Wildman–Crippen LogP) is 3.18.